The summed E-state index contributed by atoms with van der Waals surface area (Å²) < 4.78 is 34.0. The van der Waals surface area contributed by atoms with E-state index in [4.69, 9.17) is 9.47 Å². The number of benzene rings is 2. The van der Waals surface area contributed by atoms with Crippen molar-refractivity contribution in [3.63, 3.8) is 0 Å². The highest BCUT2D eigenvalue weighted by Crippen LogP contribution is 2.16. The van der Waals surface area contributed by atoms with Gasteiger partial charge in [0.05, 0.1) is 11.5 Å². The van der Waals surface area contributed by atoms with E-state index in [1.807, 2.05) is 36.4 Å². The van der Waals surface area contributed by atoms with Crippen molar-refractivity contribution in [2.45, 2.75) is 24.9 Å². The van der Waals surface area contributed by atoms with Gasteiger partial charge >= 0.3 is 0 Å². The number of hydrogen-bond donors (Lipinski definition) is 2. The molecule has 158 valence electrons. The lowest BCUT2D eigenvalue weighted by Gasteiger charge is -2.13. The van der Waals surface area contributed by atoms with Crippen LogP contribution in [0.3, 0.4) is 0 Å². The van der Waals surface area contributed by atoms with Crippen molar-refractivity contribution in [3.8, 4) is 5.75 Å². The van der Waals surface area contributed by atoms with Crippen molar-refractivity contribution in [2.24, 2.45) is 4.99 Å². The van der Waals surface area contributed by atoms with E-state index in [9.17, 15) is 8.42 Å². The third-order valence-corrected chi connectivity index (χ3v) is 5.52. The molecule has 2 aromatic rings. The molecule has 0 spiro atoms. The third-order valence-electron chi connectivity index (χ3n) is 4.26. The molecule has 0 bridgehead atoms. The van der Waals surface area contributed by atoms with Gasteiger partial charge in [0.15, 0.2) is 15.8 Å². The molecular weight excluding hydrogens is 390 g/mol. The van der Waals surface area contributed by atoms with Crippen LogP contribution in [0.15, 0.2) is 52.4 Å². The second-order valence-corrected chi connectivity index (χ2v) is 8.62. The lowest BCUT2D eigenvalue weighted by molar-refractivity contribution is 0.146. The fourth-order valence-corrected chi connectivity index (χ4v) is 3.74. The van der Waals surface area contributed by atoms with Crippen LogP contribution in [0.1, 0.15) is 16.7 Å². The maximum Gasteiger partial charge on any atom is 0.191 e. The number of nitrogens with zero attached hydrogens (tertiary/aromatic N) is 1. The number of nitrogens with one attached hydrogen (secondary N) is 2. The van der Waals surface area contributed by atoms with E-state index < -0.39 is 9.84 Å². The SMILES string of the molecule is CN=C(NCc1ccc(OCCOC)cc1)NCc1ccc(S(C)(=O)=O)c(C)c1. The molecule has 0 aliphatic carbocycles. The summed E-state index contributed by atoms with van der Waals surface area (Å²) in [6.45, 7) is 4.04. The lowest BCUT2D eigenvalue weighted by Crippen LogP contribution is -2.36. The third kappa shape index (κ3) is 7.40. The van der Waals surface area contributed by atoms with E-state index in [1.54, 1.807) is 27.1 Å². The van der Waals surface area contributed by atoms with Crippen molar-refractivity contribution < 1.29 is 17.9 Å². The lowest BCUT2D eigenvalue weighted by atomic mass is 10.1. The maximum absolute atomic E-state index is 11.7. The van der Waals surface area contributed by atoms with E-state index in [2.05, 4.69) is 15.6 Å². The highest BCUT2D eigenvalue weighted by Gasteiger charge is 2.11. The summed E-state index contributed by atoms with van der Waals surface area (Å²) >= 11 is 0. The standard InChI is InChI=1S/C21H29N3O4S/c1-16-13-18(7-10-20(16)29(4,25)26)15-24-21(22-2)23-14-17-5-8-19(9-6-17)28-12-11-27-3/h5-10,13H,11-12,14-15H2,1-4H3,(H2,22,23,24). The monoisotopic (exact) mass is 419 g/mol. The fourth-order valence-electron chi connectivity index (χ4n) is 2.78. The van der Waals surface area contributed by atoms with Gasteiger partial charge < -0.3 is 20.1 Å². The smallest absolute Gasteiger partial charge is 0.191 e. The van der Waals surface area contributed by atoms with Gasteiger partial charge in [-0.2, -0.15) is 0 Å². The van der Waals surface area contributed by atoms with Crippen LogP contribution < -0.4 is 15.4 Å². The van der Waals surface area contributed by atoms with E-state index in [0.717, 1.165) is 22.4 Å². The maximum atomic E-state index is 11.7. The van der Waals surface area contributed by atoms with Gasteiger partial charge in [-0.3, -0.25) is 4.99 Å². The van der Waals surface area contributed by atoms with Crippen LogP contribution in [-0.2, 0) is 27.7 Å². The summed E-state index contributed by atoms with van der Waals surface area (Å²) in [5.41, 5.74) is 2.82. The molecule has 0 amide bonds. The average Bonchev–Trinajstić information content (AvgIpc) is 2.68. The molecule has 0 radical (unpaired) electrons. The normalized spacial score (nSPS) is 11.9. The Hall–Kier alpha value is -2.58. The average molecular weight is 420 g/mol. The Bertz CT molecular complexity index is 925. The van der Waals surface area contributed by atoms with Crippen LogP contribution in [0.2, 0.25) is 0 Å². The number of ether oxygens (including phenoxy) is 2. The van der Waals surface area contributed by atoms with Gasteiger partial charge in [-0.15, -0.1) is 0 Å². The van der Waals surface area contributed by atoms with Crippen molar-refractivity contribution >= 4 is 15.8 Å². The van der Waals surface area contributed by atoms with E-state index in [-0.39, 0.29) is 0 Å². The molecule has 0 saturated heterocycles. The molecular formula is C21H29N3O4S. The van der Waals surface area contributed by atoms with Gasteiger partial charge in [-0.25, -0.2) is 8.42 Å². The number of hydrogen-bond acceptors (Lipinski definition) is 5. The number of rotatable bonds is 9. The van der Waals surface area contributed by atoms with Gasteiger partial charge in [0.1, 0.15) is 12.4 Å². The molecule has 0 fully saturated rings. The summed E-state index contributed by atoms with van der Waals surface area (Å²) in [4.78, 5) is 4.58. The van der Waals surface area contributed by atoms with Crippen LogP contribution in [0.5, 0.6) is 5.75 Å². The van der Waals surface area contributed by atoms with Crippen molar-refractivity contribution in [2.75, 3.05) is 33.6 Å². The van der Waals surface area contributed by atoms with Crippen LogP contribution in [0, 0.1) is 6.92 Å². The Morgan fingerprint density at radius 3 is 2.17 bits per heavy atom. The Kier molecular flexibility index (Phi) is 8.48. The molecule has 29 heavy (non-hydrogen) atoms. The fraction of sp³-hybridized carbons (Fsp3) is 0.381. The number of aryl methyl sites for hydroxylation is 1. The van der Waals surface area contributed by atoms with Gasteiger partial charge in [0.2, 0.25) is 0 Å². The van der Waals surface area contributed by atoms with E-state index >= 15 is 0 Å². The first kappa shape index (κ1) is 22.7. The first-order valence-corrected chi connectivity index (χ1v) is 11.2. The molecule has 2 N–H and O–H groups in total. The van der Waals surface area contributed by atoms with Gasteiger partial charge in [0.25, 0.3) is 0 Å². The molecule has 2 aromatic carbocycles. The zero-order chi connectivity index (χ0) is 21.3. The zero-order valence-corrected chi connectivity index (χ0v) is 18.2. The molecule has 0 heterocycles. The van der Waals surface area contributed by atoms with E-state index in [0.29, 0.717) is 37.2 Å². The molecule has 0 saturated carbocycles. The highest BCUT2D eigenvalue weighted by molar-refractivity contribution is 7.90. The molecule has 0 aromatic heterocycles. The molecule has 7 nitrogen and oxygen atoms in total. The number of guanidine groups is 1. The first-order chi connectivity index (χ1) is 13.8. The second kappa shape index (κ2) is 10.8. The van der Waals surface area contributed by atoms with Crippen molar-refractivity contribution in [1.82, 2.24) is 10.6 Å². The molecule has 0 atom stereocenters. The summed E-state index contributed by atoms with van der Waals surface area (Å²) in [5.74, 6) is 1.47. The van der Waals surface area contributed by atoms with Gasteiger partial charge in [-0.1, -0.05) is 24.3 Å². The van der Waals surface area contributed by atoms with E-state index in [1.165, 1.54) is 6.26 Å². The van der Waals surface area contributed by atoms with Crippen LogP contribution >= 0.6 is 0 Å². The number of sulfone groups is 1. The molecule has 0 unspecified atom stereocenters. The van der Waals surface area contributed by atoms with Gasteiger partial charge in [0, 0.05) is 33.5 Å². The Morgan fingerprint density at radius 1 is 1.00 bits per heavy atom. The zero-order valence-electron chi connectivity index (χ0n) is 17.4. The minimum absolute atomic E-state index is 0.360. The van der Waals surface area contributed by atoms with Gasteiger partial charge in [-0.05, 0) is 41.8 Å². The largest absolute Gasteiger partial charge is 0.491 e. The highest BCUT2D eigenvalue weighted by atomic mass is 32.2. The molecule has 0 aliphatic heterocycles. The summed E-state index contributed by atoms with van der Waals surface area (Å²) in [5, 5.41) is 6.50. The quantitative estimate of drug-likeness (QED) is 0.368. The number of aliphatic imine (C=N–C) groups is 1. The van der Waals surface area contributed by atoms with Crippen LogP contribution in [-0.4, -0.2) is 48.0 Å². The summed E-state index contributed by atoms with van der Waals surface area (Å²) in [6, 6.07) is 13.2. The van der Waals surface area contributed by atoms with Crippen molar-refractivity contribution in [3.05, 3.63) is 59.2 Å². The molecule has 8 heteroatoms. The molecule has 2 rings (SSSR count). The Labute approximate surface area is 173 Å². The minimum Gasteiger partial charge on any atom is -0.491 e. The summed E-state index contributed by atoms with van der Waals surface area (Å²) in [7, 11) is 0.145. The first-order valence-electron chi connectivity index (χ1n) is 9.28. The Morgan fingerprint density at radius 2 is 1.62 bits per heavy atom. The van der Waals surface area contributed by atoms with Crippen LogP contribution in [0.25, 0.3) is 0 Å². The van der Waals surface area contributed by atoms with Crippen molar-refractivity contribution in [1.29, 1.82) is 0 Å². The summed E-state index contributed by atoms with van der Waals surface area (Å²) in [6.07, 6.45) is 1.22. The molecule has 0 aliphatic rings. The van der Waals surface area contributed by atoms with Crippen LogP contribution in [0.4, 0.5) is 0 Å². The topological polar surface area (TPSA) is 89.0 Å². The Balaban J connectivity index is 1.86. The predicted octanol–water partition coefficient (Wildman–Crippen LogP) is 2.29. The predicted molar refractivity (Wildman–Crippen MR) is 115 cm³/mol. The number of methoxy groups -OCH3 is 1. The minimum atomic E-state index is -3.21. The second-order valence-electron chi connectivity index (χ2n) is 6.64.